The summed E-state index contributed by atoms with van der Waals surface area (Å²) in [6, 6.07) is 4.37. The van der Waals surface area contributed by atoms with Crippen LogP contribution in [0, 0.1) is 0 Å². The maximum absolute atomic E-state index is 12.2. The molecule has 0 aliphatic heterocycles. The van der Waals surface area contributed by atoms with Crippen LogP contribution in [0.25, 0.3) is 0 Å². The van der Waals surface area contributed by atoms with Crippen LogP contribution in [0.3, 0.4) is 0 Å². The maximum atomic E-state index is 12.2. The highest BCUT2D eigenvalue weighted by Crippen LogP contribution is 2.25. The van der Waals surface area contributed by atoms with Crippen molar-refractivity contribution in [3.8, 4) is 0 Å². The van der Waals surface area contributed by atoms with Crippen molar-refractivity contribution in [3.05, 3.63) is 35.4 Å². The van der Waals surface area contributed by atoms with Gasteiger partial charge in [0.2, 0.25) is 10.0 Å². The van der Waals surface area contributed by atoms with Crippen molar-refractivity contribution in [2.45, 2.75) is 11.8 Å². The van der Waals surface area contributed by atoms with Gasteiger partial charge in [-0.1, -0.05) is 23.8 Å². The minimum absolute atomic E-state index is 0.0220. The predicted octanol–water partition coefficient (Wildman–Crippen LogP) is 2.12. The van der Waals surface area contributed by atoms with E-state index < -0.39 is 10.0 Å². The third-order valence-electron chi connectivity index (χ3n) is 2.16. The fraction of sp³-hybridized carbons (Fsp3) is 0.273. The Hall–Kier alpha value is -1.04. The summed E-state index contributed by atoms with van der Waals surface area (Å²) in [7, 11) is -2.15. The molecule has 0 unspecified atom stereocenters. The van der Waals surface area contributed by atoms with Crippen molar-refractivity contribution < 1.29 is 8.42 Å². The lowest BCUT2D eigenvalue weighted by Gasteiger charge is -2.18. The third-order valence-corrected chi connectivity index (χ3v) is 4.25. The Morgan fingerprint density at radius 3 is 2.65 bits per heavy atom. The van der Waals surface area contributed by atoms with Gasteiger partial charge in [0.05, 0.1) is 5.69 Å². The zero-order valence-electron chi connectivity index (χ0n) is 9.77. The van der Waals surface area contributed by atoms with Crippen LogP contribution in [0.4, 0.5) is 5.69 Å². The lowest BCUT2D eigenvalue weighted by atomic mass is 10.3. The molecule has 6 heteroatoms. The third kappa shape index (κ3) is 3.21. The topological polar surface area (TPSA) is 63.4 Å². The van der Waals surface area contributed by atoms with Gasteiger partial charge in [0.15, 0.2) is 0 Å². The summed E-state index contributed by atoms with van der Waals surface area (Å²) in [6.45, 7) is 5.68. The number of hydrogen-bond donors (Lipinski definition) is 1. The molecule has 1 aromatic carbocycles. The summed E-state index contributed by atoms with van der Waals surface area (Å²) in [4.78, 5) is 0.0220. The van der Waals surface area contributed by atoms with Crippen LogP contribution in [0.2, 0.25) is 5.02 Å². The van der Waals surface area contributed by atoms with E-state index in [-0.39, 0.29) is 17.1 Å². The van der Waals surface area contributed by atoms with E-state index in [0.29, 0.717) is 5.02 Å². The summed E-state index contributed by atoms with van der Waals surface area (Å²) >= 11 is 5.78. The molecule has 1 aromatic rings. The molecule has 0 aliphatic carbocycles. The van der Waals surface area contributed by atoms with Crippen LogP contribution in [0.5, 0.6) is 0 Å². The number of hydrogen-bond acceptors (Lipinski definition) is 3. The summed E-state index contributed by atoms with van der Waals surface area (Å²) in [6.07, 6.45) is 0. The Bertz CT molecular complexity index is 540. The first-order valence-corrected chi connectivity index (χ1v) is 6.72. The quantitative estimate of drug-likeness (QED) is 0.676. The van der Waals surface area contributed by atoms with Crippen LogP contribution in [0.15, 0.2) is 35.2 Å². The number of nitrogen functional groups attached to an aromatic ring is 1. The monoisotopic (exact) mass is 274 g/mol. The number of benzene rings is 1. The second-order valence-corrected chi connectivity index (χ2v) is 6.35. The van der Waals surface area contributed by atoms with Crippen molar-refractivity contribution in [1.82, 2.24) is 4.31 Å². The molecule has 2 N–H and O–H groups in total. The highest BCUT2D eigenvalue weighted by atomic mass is 35.5. The predicted molar refractivity (Wildman–Crippen MR) is 70.5 cm³/mol. The number of sulfonamides is 1. The van der Waals surface area contributed by atoms with Crippen molar-refractivity contribution in [3.63, 3.8) is 0 Å². The smallest absolute Gasteiger partial charge is 0.245 e. The molecule has 4 nitrogen and oxygen atoms in total. The Kier molecular flexibility index (Phi) is 4.19. The van der Waals surface area contributed by atoms with Gasteiger partial charge in [0, 0.05) is 18.6 Å². The molecule has 0 atom stereocenters. The zero-order chi connectivity index (χ0) is 13.2. The van der Waals surface area contributed by atoms with Crippen molar-refractivity contribution in [1.29, 1.82) is 0 Å². The van der Waals surface area contributed by atoms with Gasteiger partial charge in [-0.2, -0.15) is 4.31 Å². The van der Waals surface area contributed by atoms with Crippen LogP contribution >= 0.6 is 11.6 Å². The second-order valence-electron chi connectivity index (χ2n) is 3.90. The molecule has 0 aliphatic rings. The van der Waals surface area contributed by atoms with Crippen molar-refractivity contribution in [2.24, 2.45) is 0 Å². The first-order valence-electron chi connectivity index (χ1n) is 4.91. The van der Waals surface area contributed by atoms with Crippen LogP contribution in [-0.2, 0) is 10.0 Å². The van der Waals surface area contributed by atoms with E-state index in [2.05, 4.69) is 6.58 Å². The fourth-order valence-electron chi connectivity index (χ4n) is 1.36. The molecular weight excluding hydrogens is 260 g/mol. The largest absolute Gasteiger partial charge is 0.398 e. The first kappa shape index (κ1) is 14.0. The van der Waals surface area contributed by atoms with Gasteiger partial charge in [-0.15, -0.1) is 0 Å². The average Bonchev–Trinajstić information content (AvgIpc) is 2.20. The van der Waals surface area contributed by atoms with Gasteiger partial charge >= 0.3 is 0 Å². The minimum Gasteiger partial charge on any atom is -0.398 e. The van der Waals surface area contributed by atoms with E-state index >= 15 is 0 Å². The number of halogens is 1. The van der Waals surface area contributed by atoms with Crippen molar-refractivity contribution in [2.75, 3.05) is 19.3 Å². The Morgan fingerprint density at radius 1 is 1.53 bits per heavy atom. The first-order chi connectivity index (χ1) is 7.75. The van der Waals surface area contributed by atoms with E-state index in [4.69, 9.17) is 17.3 Å². The molecule has 0 bridgehead atoms. The molecule has 0 amide bonds. The molecule has 94 valence electrons. The van der Waals surface area contributed by atoms with Gasteiger partial charge in [-0.05, 0) is 25.1 Å². The van der Waals surface area contributed by atoms with E-state index in [0.717, 1.165) is 5.57 Å². The number of nitrogens with zero attached hydrogens (tertiary/aromatic N) is 1. The van der Waals surface area contributed by atoms with Gasteiger partial charge in [0.25, 0.3) is 0 Å². The summed E-state index contributed by atoms with van der Waals surface area (Å²) in [5.74, 6) is 0. The molecule has 0 spiro atoms. The van der Waals surface area contributed by atoms with Crippen LogP contribution in [-0.4, -0.2) is 26.3 Å². The Labute approximate surface area is 107 Å². The van der Waals surface area contributed by atoms with E-state index in [1.54, 1.807) is 13.0 Å². The highest BCUT2D eigenvalue weighted by molar-refractivity contribution is 7.89. The Morgan fingerprint density at radius 2 is 2.12 bits per heavy atom. The number of likely N-dealkylation sites (N-methyl/N-ethyl adjacent to an activating group) is 1. The molecule has 0 saturated heterocycles. The molecule has 0 saturated carbocycles. The van der Waals surface area contributed by atoms with Crippen LogP contribution < -0.4 is 5.73 Å². The highest BCUT2D eigenvalue weighted by Gasteiger charge is 2.23. The number of anilines is 1. The maximum Gasteiger partial charge on any atom is 0.245 e. The van der Waals surface area contributed by atoms with E-state index in [1.807, 2.05) is 0 Å². The normalized spacial score (nSPS) is 11.8. The lowest BCUT2D eigenvalue weighted by Crippen LogP contribution is -2.29. The Balaban J connectivity index is 3.21. The number of nitrogens with two attached hydrogens (primary N) is 1. The van der Waals surface area contributed by atoms with Gasteiger partial charge in [-0.25, -0.2) is 8.42 Å². The average molecular weight is 275 g/mol. The molecule has 17 heavy (non-hydrogen) atoms. The molecular formula is C11H15ClN2O2S. The van der Waals surface area contributed by atoms with Crippen LogP contribution in [0.1, 0.15) is 6.92 Å². The minimum atomic E-state index is -3.62. The van der Waals surface area contributed by atoms with Crippen molar-refractivity contribution >= 4 is 27.3 Å². The van der Waals surface area contributed by atoms with Gasteiger partial charge in [0.1, 0.15) is 4.90 Å². The molecule has 0 radical (unpaired) electrons. The number of rotatable bonds is 4. The molecule has 0 aromatic heterocycles. The fourth-order valence-corrected chi connectivity index (χ4v) is 2.97. The zero-order valence-corrected chi connectivity index (χ0v) is 11.3. The summed E-state index contributed by atoms with van der Waals surface area (Å²) in [5, 5.41) is 0.335. The second kappa shape index (κ2) is 5.08. The molecule has 0 heterocycles. The standard InChI is InChI=1S/C11H15ClN2O2S/c1-8(2)7-14(3)17(15,16)11-6-9(12)4-5-10(11)13/h4-6H,1,7,13H2,2-3H3. The molecule has 0 fully saturated rings. The van der Waals surface area contributed by atoms with E-state index in [1.165, 1.54) is 23.5 Å². The van der Waals surface area contributed by atoms with Gasteiger partial charge in [-0.3, -0.25) is 0 Å². The van der Waals surface area contributed by atoms with E-state index in [9.17, 15) is 8.42 Å². The summed E-state index contributed by atoms with van der Waals surface area (Å²) in [5.41, 5.74) is 6.59. The SMILES string of the molecule is C=C(C)CN(C)S(=O)(=O)c1cc(Cl)ccc1N. The summed E-state index contributed by atoms with van der Waals surface area (Å²) < 4.78 is 25.6. The van der Waals surface area contributed by atoms with Gasteiger partial charge < -0.3 is 5.73 Å². The lowest BCUT2D eigenvalue weighted by molar-refractivity contribution is 0.493. The molecule has 1 rings (SSSR count).